The lowest BCUT2D eigenvalue weighted by Gasteiger charge is -2.20. The number of unbranched alkanes of at least 4 members (excludes halogenated alkanes) is 4. The van der Waals surface area contributed by atoms with Crippen molar-refractivity contribution in [3.8, 4) is 11.5 Å². The summed E-state index contributed by atoms with van der Waals surface area (Å²) in [4.78, 5) is 0. The molecule has 0 radical (unpaired) electrons. The molecular weight excluding hydrogens is 384 g/mol. The van der Waals surface area contributed by atoms with E-state index in [4.69, 9.17) is 34.7 Å². The molecule has 2 nitrogen and oxygen atoms in total. The molecule has 0 heterocycles. The normalized spacial score (nSPS) is 13.1. The first kappa shape index (κ1) is 23.0. The average molecular weight is 419 g/mol. The third-order valence-electron chi connectivity index (χ3n) is 4.78. The smallest absolute Gasteiger partial charge is 0.119 e. The zero-order valence-corrected chi connectivity index (χ0v) is 18.9. The minimum Gasteiger partial charge on any atom is -0.494 e. The molecule has 0 saturated carbocycles. The van der Waals surface area contributed by atoms with Gasteiger partial charge in [-0.15, -0.1) is 0 Å². The summed E-state index contributed by atoms with van der Waals surface area (Å²) in [6.45, 7) is 5.95. The van der Waals surface area contributed by atoms with Gasteiger partial charge < -0.3 is 9.47 Å². The molecule has 0 aliphatic rings. The van der Waals surface area contributed by atoms with E-state index in [1.54, 1.807) is 0 Å². The van der Waals surface area contributed by atoms with Crippen LogP contribution in [0.5, 0.6) is 11.5 Å². The Balaban J connectivity index is 1.87. The van der Waals surface area contributed by atoms with Crippen molar-refractivity contribution in [2.45, 2.75) is 62.9 Å². The van der Waals surface area contributed by atoms with Gasteiger partial charge in [0, 0.05) is 10.5 Å². The summed E-state index contributed by atoms with van der Waals surface area (Å²) in [5.41, 5.74) is 2.29. The van der Waals surface area contributed by atoms with Crippen LogP contribution in [-0.2, 0) is 0 Å². The summed E-state index contributed by atoms with van der Waals surface area (Å²) >= 11 is 9.63. The van der Waals surface area contributed by atoms with Gasteiger partial charge in [-0.1, -0.05) is 63.8 Å². The van der Waals surface area contributed by atoms with Crippen molar-refractivity contribution in [1.29, 1.82) is 0 Å². The van der Waals surface area contributed by atoms with Crippen LogP contribution < -0.4 is 9.47 Å². The molecule has 2 rings (SSSR count). The van der Waals surface area contributed by atoms with Gasteiger partial charge in [0.15, 0.2) is 0 Å². The number of benzene rings is 2. The maximum absolute atomic E-state index is 5.79. The Morgan fingerprint density at radius 1 is 0.607 bits per heavy atom. The molecular formula is C24H34O2S2. The summed E-state index contributed by atoms with van der Waals surface area (Å²) in [5, 5.41) is 0.0163. The highest BCUT2D eigenvalue weighted by atomic mass is 32.1. The molecule has 0 spiro atoms. The zero-order chi connectivity index (χ0) is 20.2. The Labute approximate surface area is 181 Å². The molecule has 4 heteroatoms. The summed E-state index contributed by atoms with van der Waals surface area (Å²) in [7, 11) is 0. The van der Waals surface area contributed by atoms with E-state index in [2.05, 4.69) is 38.1 Å². The fourth-order valence-electron chi connectivity index (χ4n) is 2.97. The monoisotopic (exact) mass is 418 g/mol. The minimum absolute atomic E-state index is 0.00815. The van der Waals surface area contributed by atoms with E-state index < -0.39 is 0 Å². The maximum Gasteiger partial charge on any atom is 0.119 e. The molecule has 0 aromatic heterocycles. The molecule has 2 atom stereocenters. The van der Waals surface area contributed by atoms with E-state index in [-0.39, 0.29) is 10.5 Å². The fourth-order valence-corrected chi connectivity index (χ4v) is 3.66. The third-order valence-corrected chi connectivity index (χ3v) is 6.20. The van der Waals surface area contributed by atoms with Crippen molar-refractivity contribution in [3.05, 3.63) is 59.7 Å². The first-order chi connectivity index (χ1) is 13.7. The van der Waals surface area contributed by atoms with Crippen LogP contribution in [0.2, 0.25) is 0 Å². The van der Waals surface area contributed by atoms with Gasteiger partial charge in [-0.05, 0) is 48.2 Å². The highest BCUT2D eigenvalue weighted by Crippen LogP contribution is 2.39. The number of ether oxygens (including phenoxy) is 2. The molecule has 0 bridgehead atoms. The van der Waals surface area contributed by atoms with Crippen LogP contribution in [0.25, 0.3) is 0 Å². The Bertz CT molecular complexity index is 596. The molecule has 2 unspecified atom stereocenters. The van der Waals surface area contributed by atoms with Gasteiger partial charge in [-0.25, -0.2) is 0 Å². The van der Waals surface area contributed by atoms with Crippen LogP contribution in [0.4, 0.5) is 0 Å². The topological polar surface area (TPSA) is 18.5 Å². The third kappa shape index (κ3) is 7.63. The molecule has 0 fully saturated rings. The van der Waals surface area contributed by atoms with Gasteiger partial charge >= 0.3 is 0 Å². The van der Waals surface area contributed by atoms with Crippen molar-refractivity contribution in [1.82, 2.24) is 0 Å². The zero-order valence-electron chi connectivity index (χ0n) is 17.1. The number of thiol groups is 2. The van der Waals surface area contributed by atoms with E-state index in [1.807, 2.05) is 24.3 Å². The maximum atomic E-state index is 5.79. The number of hydrogen-bond donors (Lipinski definition) is 2. The average Bonchev–Trinajstić information content (AvgIpc) is 2.74. The van der Waals surface area contributed by atoms with E-state index in [0.717, 1.165) is 48.7 Å². The molecule has 0 amide bonds. The van der Waals surface area contributed by atoms with E-state index in [9.17, 15) is 0 Å². The standard InChI is InChI=1S/C24H34O2S2/c1-3-5-7-17-25-21-13-9-19(10-14-21)23(27)24(28)20-11-15-22(16-12-20)26-18-8-6-4-2/h9-16,23-24,27-28H,3-8,17-18H2,1-2H3. The highest BCUT2D eigenvalue weighted by molar-refractivity contribution is 7.84. The van der Waals surface area contributed by atoms with Gasteiger partial charge in [-0.3, -0.25) is 0 Å². The summed E-state index contributed by atoms with van der Waals surface area (Å²) in [5.74, 6) is 1.83. The molecule has 28 heavy (non-hydrogen) atoms. The number of hydrogen-bond acceptors (Lipinski definition) is 4. The van der Waals surface area contributed by atoms with Gasteiger partial charge in [-0.2, -0.15) is 25.3 Å². The van der Waals surface area contributed by atoms with Gasteiger partial charge in [0.05, 0.1) is 13.2 Å². The van der Waals surface area contributed by atoms with Crippen LogP contribution in [0, 0.1) is 0 Å². The Hall–Kier alpha value is -1.26. The SMILES string of the molecule is CCCCCOc1ccc(C(S)C(S)c2ccc(OCCCCC)cc2)cc1. The molecule has 154 valence electrons. The van der Waals surface area contributed by atoms with Crippen molar-refractivity contribution < 1.29 is 9.47 Å². The van der Waals surface area contributed by atoms with Crippen molar-refractivity contribution >= 4 is 25.3 Å². The highest BCUT2D eigenvalue weighted by Gasteiger charge is 2.18. The van der Waals surface area contributed by atoms with Crippen molar-refractivity contribution in [2.75, 3.05) is 13.2 Å². The quantitative estimate of drug-likeness (QED) is 0.260. The predicted octanol–water partition coefficient (Wildman–Crippen LogP) is 7.47. The lowest BCUT2D eigenvalue weighted by atomic mass is 10.0. The molecule has 2 aromatic carbocycles. The van der Waals surface area contributed by atoms with Gasteiger partial charge in [0.2, 0.25) is 0 Å². The molecule has 0 N–H and O–H groups in total. The van der Waals surface area contributed by atoms with Crippen LogP contribution >= 0.6 is 25.3 Å². The second-order valence-electron chi connectivity index (χ2n) is 7.14. The van der Waals surface area contributed by atoms with Crippen LogP contribution in [0.1, 0.15) is 74.0 Å². The van der Waals surface area contributed by atoms with Crippen LogP contribution in [0.3, 0.4) is 0 Å². The predicted molar refractivity (Wildman–Crippen MR) is 126 cm³/mol. The number of rotatable bonds is 13. The van der Waals surface area contributed by atoms with E-state index in [0.29, 0.717) is 0 Å². The Morgan fingerprint density at radius 2 is 0.964 bits per heavy atom. The summed E-state index contributed by atoms with van der Waals surface area (Å²) in [6.07, 6.45) is 7.04. The first-order valence-corrected chi connectivity index (χ1v) is 11.5. The molecule has 0 aliphatic carbocycles. The second kappa shape index (κ2) is 13.1. The van der Waals surface area contributed by atoms with Gasteiger partial charge in [0.1, 0.15) is 11.5 Å². The summed E-state index contributed by atoms with van der Waals surface area (Å²) < 4.78 is 11.6. The molecule has 2 aromatic rings. The fraction of sp³-hybridized carbons (Fsp3) is 0.500. The van der Waals surface area contributed by atoms with Crippen molar-refractivity contribution in [2.24, 2.45) is 0 Å². The Kier molecular flexibility index (Phi) is 10.7. The molecule has 0 aliphatic heterocycles. The lowest BCUT2D eigenvalue weighted by Crippen LogP contribution is -2.02. The first-order valence-electron chi connectivity index (χ1n) is 10.5. The van der Waals surface area contributed by atoms with E-state index in [1.165, 1.54) is 25.7 Å². The lowest BCUT2D eigenvalue weighted by molar-refractivity contribution is 0.306. The second-order valence-corrected chi connectivity index (χ2v) is 8.25. The van der Waals surface area contributed by atoms with Crippen LogP contribution in [-0.4, -0.2) is 13.2 Å². The van der Waals surface area contributed by atoms with Crippen LogP contribution in [0.15, 0.2) is 48.5 Å². The van der Waals surface area contributed by atoms with Gasteiger partial charge in [0.25, 0.3) is 0 Å². The summed E-state index contributed by atoms with van der Waals surface area (Å²) in [6, 6.07) is 16.4. The largest absolute Gasteiger partial charge is 0.494 e. The minimum atomic E-state index is 0.00815. The van der Waals surface area contributed by atoms with Crippen molar-refractivity contribution in [3.63, 3.8) is 0 Å². The molecule has 0 saturated heterocycles. The Morgan fingerprint density at radius 3 is 1.29 bits per heavy atom. The van der Waals surface area contributed by atoms with E-state index >= 15 is 0 Å².